The largest absolute Gasteiger partial charge is 0.482 e. The Bertz CT molecular complexity index is 4000. The number of rotatable bonds is 9. The Morgan fingerprint density at radius 2 is 1.52 bits per heavy atom. The number of benzene rings is 5. The van der Waals surface area contributed by atoms with Gasteiger partial charge in [-0.25, -0.2) is 9.59 Å². The van der Waals surface area contributed by atoms with Crippen LogP contribution in [0.5, 0.6) is 5.75 Å². The van der Waals surface area contributed by atoms with Crippen molar-refractivity contribution in [1.82, 2.24) is 0 Å². The van der Waals surface area contributed by atoms with Crippen LogP contribution in [0.1, 0.15) is 174 Å². The minimum Gasteiger partial charge on any atom is -0.482 e. The van der Waals surface area contributed by atoms with E-state index in [4.69, 9.17) is 23.4 Å². The first kappa shape index (κ1) is 58.0. The highest BCUT2D eigenvalue weighted by molar-refractivity contribution is 5.91. The predicted molar refractivity (Wildman–Crippen MR) is 340 cm³/mol. The summed E-state index contributed by atoms with van der Waals surface area (Å²) in [5, 5.41) is 42.5. The second kappa shape index (κ2) is 23.4. The SMILES string of the molecule is CC(CO)=C1CCc2ccc(cc2)C2C=CC(c3cccc4c3C=CC3CCCC5C=Cc6ccccc6C453)CC2CC(=O)OC2c3c(ccc4c(CO)c(C(CCO)COCO)c(=O)oc34)OC3(CCCC4C5C=Cc6ccccc6C5CC43)C2OC1=O. The molecule has 3 saturated carbocycles. The third-order valence-corrected chi connectivity index (χ3v) is 22.8. The van der Waals surface area contributed by atoms with Crippen LogP contribution in [0.2, 0.25) is 0 Å². The van der Waals surface area contributed by atoms with Gasteiger partial charge < -0.3 is 43.8 Å². The van der Waals surface area contributed by atoms with Crippen molar-refractivity contribution in [3.05, 3.63) is 222 Å². The Hall–Kier alpha value is -7.45. The van der Waals surface area contributed by atoms with Gasteiger partial charge in [-0.05, 0) is 180 Å². The third kappa shape index (κ3) is 9.43. The van der Waals surface area contributed by atoms with Crippen LogP contribution in [0.25, 0.3) is 29.2 Å². The van der Waals surface area contributed by atoms with E-state index in [1.165, 1.54) is 45.4 Å². The van der Waals surface area contributed by atoms with Crippen molar-refractivity contribution in [2.75, 3.05) is 26.6 Å². The number of aliphatic hydroxyl groups excluding tert-OH is 4. The standard InChI is InChI=1S/C77H78O12/c1-44(40-79)54-28-20-45-18-21-47(22-19-45)55-29-25-49(57-14-7-17-65-60(57)31-27-53-12-6-11-52-26-23-48-10-3-5-16-64(48)77(52,53)65)37-51(55)38-68(82)86-72-70-67(33-32-61-63(41-80)69(75(84)87-71(61)70)50(34-36-78)42-85-43-81)89-76(73(72)88-74(54)83)35-8-15-59-58-30-24-46-9-2-4-13-56(46)62(58)39-66(59)76/h2-5,7,9-10,13-14,16-19,21-27,29-33,49-53,55,58-59,62,66,72-73,78-81H,6,8,11-12,15,20,28,34-43H2,1H3. The zero-order valence-corrected chi connectivity index (χ0v) is 50.4. The molecule has 0 saturated heterocycles. The molecule has 4 N–H and O–H groups in total. The second-order valence-corrected chi connectivity index (χ2v) is 26.9. The lowest BCUT2D eigenvalue weighted by atomic mass is 9.49. The van der Waals surface area contributed by atoms with Crippen LogP contribution in [0.3, 0.4) is 0 Å². The second-order valence-electron chi connectivity index (χ2n) is 26.9. The van der Waals surface area contributed by atoms with E-state index in [0.717, 1.165) is 36.8 Å². The van der Waals surface area contributed by atoms with Crippen molar-refractivity contribution in [1.29, 1.82) is 0 Å². The van der Waals surface area contributed by atoms with Gasteiger partial charge in [-0.15, -0.1) is 0 Å². The predicted octanol–water partition coefficient (Wildman–Crippen LogP) is 13.1. The summed E-state index contributed by atoms with van der Waals surface area (Å²) in [6, 6.07) is 36.4. The number of fused-ring (bicyclic) bond motifs is 19. The fraction of sp³-hybridized carbons (Fsp3) is 0.416. The van der Waals surface area contributed by atoms with Gasteiger partial charge in [-0.1, -0.05) is 146 Å². The molecule has 7 aliphatic carbocycles. The molecular formula is C77H78O12. The smallest absolute Gasteiger partial charge is 0.340 e. The lowest BCUT2D eigenvalue weighted by molar-refractivity contribution is -0.212. The van der Waals surface area contributed by atoms with E-state index in [9.17, 15) is 25.2 Å². The normalized spacial score (nSPS) is 31.3. The highest BCUT2D eigenvalue weighted by Crippen LogP contribution is 2.65. The summed E-state index contributed by atoms with van der Waals surface area (Å²) in [6.45, 7) is -0.320. The van der Waals surface area contributed by atoms with Gasteiger partial charge in [-0.3, -0.25) is 4.79 Å². The van der Waals surface area contributed by atoms with Gasteiger partial charge >= 0.3 is 17.6 Å². The summed E-state index contributed by atoms with van der Waals surface area (Å²) in [4.78, 5) is 46.5. The molecule has 16 rings (SSSR count). The highest BCUT2D eigenvalue weighted by atomic mass is 16.6. The van der Waals surface area contributed by atoms with Crippen molar-refractivity contribution in [2.24, 2.45) is 35.5 Å². The van der Waals surface area contributed by atoms with E-state index in [1.54, 1.807) is 19.1 Å². The topological polar surface area (TPSA) is 182 Å². The van der Waals surface area contributed by atoms with E-state index in [1.807, 2.05) is 0 Å². The third-order valence-electron chi connectivity index (χ3n) is 22.8. The number of esters is 2. The van der Waals surface area contributed by atoms with Crippen LogP contribution < -0.4 is 10.4 Å². The molecule has 3 aliphatic heterocycles. The minimum absolute atomic E-state index is 0.00820. The van der Waals surface area contributed by atoms with Gasteiger partial charge in [-0.2, -0.15) is 0 Å². The minimum atomic E-state index is -1.39. The number of hydrogen-bond donors (Lipinski definition) is 4. The van der Waals surface area contributed by atoms with Crippen molar-refractivity contribution in [3.8, 4) is 5.75 Å². The Morgan fingerprint density at radius 1 is 0.742 bits per heavy atom. The molecule has 5 aromatic carbocycles. The summed E-state index contributed by atoms with van der Waals surface area (Å²) in [6.07, 6.45) is 23.9. The van der Waals surface area contributed by atoms with E-state index >= 15 is 9.59 Å². The van der Waals surface area contributed by atoms with Crippen LogP contribution in [0, 0.1) is 35.5 Å². The molecule has 12 nitrogen and oxygen atoms in total. The lowest BCUT2D eigenvalue weighted by Crippen LogP contribution is -2.62. The summed E-state index contributed by atoms with van der Waals surface area (Å²) < 4.78 is 34.0. The average Bonchev–Trinajstić information content (AvgIpc) is 1.52. The van der Waals surface area contributed by atoms with Gasteiger partial charge in [0, 0.05) is 58.6 Å². The van der Waals surface area contributed by atoms with Crippen molar-refractivity contribution in [2.45, 2.75) is 137 Å². The molecule has 14 atom stereocenters. The zero-order valence-electron chi connectivity index (χ0n) is 50.4. The molecule has 12 heteroatoms. The summed E-state index contributed by atoms with van der Waals surface area (Å²) in [7, 11) is 0. The van der Waals surface area contributed by atoms with Crippen molar-refractivity contribution < 1.29 is 53.4 Å². The van der Waals surface area contributed by atoms with E-state index in [2.05, 4.69) is 140 Å². The Morgan fingerprint density at radius 3 is 2.33 bits per heavy atom. The maximum absolute atomic E-state index is 16.1. The van der Waals surface area contributed by atoms with Crippen LogP contribution in [-0.2, 0) is 42.2 Å². The van der Waals surface area contributed by atoms with Gasteiger partial charge in [0.05, 0.1) is 25.4 Å². The van der Waals surface area contributed by atoms with Gasteiger partial charge in [0.1, 0.15) is 18.1 Å². The first-order chi connectivity index (χ1) is 43.6. The van der Waals surface area contributed by atoms with E-state index < -0.39 is 54.7 Å². The number of hydrogen-bond acceptors (Lipinski definition) is 12. The quantitative estimate of drug-likeness (QED) is 0.0354. The maximum atomic E-state index is 16.1. The summed E-state index contributed by atoms with van der Waals surface area (Å²) in [5.74, 6) is -1.19. The van der Waals surface area contributed by atoms with Crippen LogP contribution >= 0.6 is 0 Å². The molecule has 0 amide bonds. The Balaban J connectivity index is 0.885. The van der Waals surface area contributed by atoms with Crippen LogP contribution in [0.15, 0.2) is 154 Å². The van der Waals surface area contributed by atoms with Crippen LogP contribution in [0.4, 0.5) is 0 Å². The maximum Gasteiger partial charge on any atom is 0.340 e. The Labute approximate surface area is 519 Å². The van der Waals surface area contributed by atoms with Gasteiger partial charge in [0.2, 0.25) is 0 Å². The summed E-state index contributed by atoms with van der Waals surface area (Å²) >= 11 is 0. The number of carbonyl (C=O) groups is 2. The highest BCUT2D eigenvalue weighted by Gasteiger charge is 2.65. The fourth-order valence-electron chi connectivity index (χ4n) is 18.9. The Kier molecular flexibility index (Phi) is 15.2. The number of carbonyl (C=O) groups excluding carboxylic acids is 2. The lowest BCUT2D eigenvalue weighted by Gasteiger charge is -2.54. The molecule has 6 aromatic rings. The van der Waals surface area contributed by atoms with E-state index in [0.29, 0.717) is 59.8 Å². The molecule has 14 unspecified atom stereocenters. The molecule has 0 radical (unpaired) electrons. The zero-order chi connectivity index (χ0) is 60.7. The molecule has 89 heavy (non-hydrogen) atoms. The molecule has 2 spiro atoms. The van der Waals surface area contributed by atoms with Gasteiger partial charge in [0.25, 0.3) is 0 Å². The molecule has 3 fully saturated rings. The number of aliphatic hydroxyl groups is 4. The van der Waals surface area contributed by atoms with E-state index in [-0.39, 0.29) is 108 Å². The molecular weight excluding hydrogens is 1120 g/mol. The molecule has 2 bridgehead atoms. The number of ether oxygens (including phenoxy) is 4. The van der Waals surface area contributed by atoms with Crippen molar-refractivity contribution in [3.63, 3.8) is 0 Å². The monoisotopic (exact) mass is 1190 g/mol. The average molecular weight is 1200 g/mol. The molecule has 10 aliphatic rings. The molecule has 1 aromatic heterocycles. The van der Waals surface area contributed by atoms with Gasteiger partial charge in [0.15, 0.2) is 17.8 Å². The molecule has 458 valence electrons. The number of allylic oxidation sites excluding steroid dienone is 5. The van der Waals surface area contributed by atoms with Crippen molar-refractivity contribution >= 4 is 41.1 Å². The number of aryl methyl sites for hydroxylation is 1. The first-order valence-electron chi connectivity index (χ1n) is 32.6. The fourth-order valence-corrected chi connectivity index (χ4v) is 18.9. The van der Waals surface area contributed by atoms with Crippen LogP contribution in [-0.4, -0.2) is 70.7 Å². The first-order valence-corrected chi connectivity index (χ1v) is 32.6. The summed E-state index contributed by atoms with van der Waals surface area (Å²) in [5.41, 5.74) is 10.1. The molecule has 4 heterocycles.